The zero-order valence-corrected chi connectivity index (χ0v) is 15.0. The number of carbonyl (C=O) groups excluding carboxylic acids is 1. The van der Waals surface area contributed by atoms with Gasteiger partial charge in [-0.3, -0.25) is 0 Å². The van der Waals surface area contributed by atoms with E-state index in [-0.39, 0.29) is 29.6 Å². The first-order valence-corrected chi connectivity index (χ1v) is 8.08. The van der Waals surface area contributed by atoms with E-state index in [9.17, 15) is 14.8 Å². The monoisotopic (exact) mass is 397 g/mol. The number of nitrogens with zero attached hydrogens (tertiary/aromatic N) is 2. The third-order valence-corrected chi connectivity index (χ3v) is 3.58. The van der Waals surface area contributed by atoms with Crippen LogP contribution in [0.25, 0.3) is 11.3 Å². The van der Waals surface area contributed by atoms with Gasteiger partial charge in [0.05, 0.1) is 17.2 Å². The molecule has 0 saturated heterocycles. The molecule has 1 aromatic carbocycles. The molecule has 0 amide bonds. The standard InChI is InChI=1S/C14H17BBrN3O5/c1-4-23-14(20)12-11(17-19-18-12)8-5-9(15(21)22)13(10(16)6-8)24-7(2)3/h5-7,21-22H,4H2,1-3H3,(H,17,18,19). The van der Waals surface area contributed by atoms with Gasteiger partial charge in [0.1, 0.15) is 11.4 Å². The Balaban J connectivity index is 2.53. The number of ether oxygens (including phenoxy) is 2. The second-order valence-corrected chi connectivity index (χ2v) is 6.01. The average Bonchev–Trinajstić information content (AvgIpc) is 2.98. The maximum atomic E-state index is 11.9. The summed E-state index contributed by atoms with van der Waals surface area (Å²) in [6.45, 7) is 5.54. The Morgan fingerprint density at radius 1 is 1.38 bits per heavy atom. The van der Waals surface area contributed by atoms with Gasteiger partial charge in [0.25, 0.3) is 0 Å². The van der Waals surface area contributed by atoms with Gasteiger partial charge in [-0.25, -0.2) is 4.79 Å². The Morgan fingerprint density at radius 3 is 2.67 bits per heavy atom. The molecule has 0 saturated carbocycles. The van der Waals surface area contributed by atoms with Crippen molar-refractivity contribution >= 4 is 34.5 Å². The highest BCUT2D eigenvalue weighted by atomic mass is 79.9. The molecule has 0 aliphatic heterocycles. The smallest absolute Gasteiger partial charge is 0.490 e. The maximum absolute atomic E-state index is 11.9. The summed E-state index contributed by atoms with van der Waals surface area (Å²) in [4.78, 5) is 11.9. The highest BCUT2D eigenvalue weighted by Crippen LogP contribution is 2.30. The number of halogens is 1. The number of nitrogens with one attached hydrogen (secondary N) is 1. The molecule has 3 N–H and O–H groups in total. The molecule has 0 bridgehead atoms. The Morgan fingerprint density at radius 2 is 2.08 bits per heavy atom. The van der Waals surface area contributed by atoms with Gasteiger partial charge in [0.15, 0.2) is 5.69 Å². The summed E-state index contributed by atoms with van der Waals surface area (Å²) in [6.07, 6.45) is -0.160. The predicted molar refractivity (Wildman–Crippen MR) is 91.1 cm³/mol. The lowest BCUT2D eigenvalue weighted by Gasteiger charge is -2.17. The van der Waals surface area contributed by atoms with Crippen LogP contribution in [0.2, 0.25) is 0 Å². The number of rotatable bonds is 6. The summed E-state index contributed by atoms with van der Waals surface area (Å²) in [7, 11) is -1.76. The number of aromatic amines is 1. The third kappa shape index (κ3) is 3.95. The fraction of sp³-hybridized carbons (Fsp3) is 0.357. The molecule has 2 aromatic rings. The molecule has 0 atom stereocenters. The molecule has 128 valence electrons. The Labute approximate surface area is 147 Å². The van der Waals surface area contributed by atoms with Crippen molar-refractivity contribution in [1.29, 1.82) is 0 Å². The van der Waals surface area contributed by atoms with Crippen LogP contribution in [0, 0.1) is 0 Å². The Kier molecular flexibility index (Phi) is 5.97. The molecule has 1 aromatic heterocycles. The van der Waals surface area contributed by atoms with E-state index >= 15 is 0 Å². The lowest BCUT2D eigenvalue weighted by Crippen LogP contribution is -2.33. The van der Waals surface area contributed by atoms with Crippen molar-refractivity contribution in [3.8, 4) is 17.0 Å². The van der Waals surface area contributed by atoms with E-state index in [2.05, 4.69) is 31.3 Å². The lowest BCUT2D eigenvalue weighted by molar-refractivity contribution is 0.0520. The minimum atomic E-state index is -1.76. The minimum Gasteiger partial charge on any atom is -0.490 e. The molecule has 0 aliphatic rings. The van der Waals surface area contributed by atoms with Crippen molar-refractivity contribution in [3.05, 3.63) is 22.3 Å². The van der Waals surface area contributed by atoms with E-state index in [1.807, 2.05) is 13.8 Å². The summed E-state index contributed by atoms with van der Waals surface area (Å²) in [5.41, 5.74) is 0.857. The van der Waals surface area contributed by atoms with Crippen molar-refractivity contribution in [2.75, 3.05) is 6.61 Å². The van der Waals surface area contributed by atoms with Crippen molar-refractivity contribution in [3.63, 3.8) is 0 Å². The third-order valence-electron chi connectivity index (χ3n) is 2.99. The molecule has 8 nitrogen and oxygen atoms in total. The van der Waals surface area contributed by atoms with Crippen molar-refractivity contribution in [2.24, 2.45) is 0 Å². The fourth-order valence-electron chi connectivity index (χ4n) is 2.08. The van der Waals surface area contributed by atoms with E-state index in [1.54, 1.807) is 13.0 Å². The topological polar surface area (TPSA) is 118 Å². The number of aromatic nitrogens is 3. The number of benzene rings is 1. The summed E-state index contributed by atoms with van der Waals surface area (Å²) in [6, 6.07) is 3.14. The summed E-state index contributed by atoms with van der Waals surface area (Å²) >= 11 is 3.35. The average molecular weight is 398 g/mol. The van der Waals surface area contributed by atoms with Crippen molar-refractivity contribution < 1.29 is 24.3 Å². The normalized spacial score (nSPS) is 10.8. The molecular formula is C14H17BBrN3O5. The summed E-state index contributed by atoms with van der Waals surface area (Å²) in [5.74, 6) is -0.309. The number of carbonyl (C=O) groups is 1. The van der Waals surface area contributed by atoms with E-state index in [0.717, 1.165) is 0 Å². The first-order valence-electron chi connectivity index (χ1n) is 7.29. The Hall–Kier alpha value is -1.91. The number of H-pyrrole nitrogens is 1. The highest BCUT2D eigenvalue weighted by molar-refractivity contribution is 9.10. The fourth-order valence-corrected chi connectivity index (χ4v) is 2.65. The van der Waals surface area contributed by atoms with Crippen LogP contribution in [0.1, 0.15) is 31.3 Å². The van der Waals surface area contributed by atoms with Gasteiger partial charge in [-0.1, -0.05) is 0 Å². The predicted octanol–water partition coefficient (Wildman–Crippen LogP) is 0.878. The number of hydrogen-bond donors (Lipinski definition) is 3. The van der Waals surface area contributed by atoms with E-state index < -0.39 is 13.1 Å². The van der Waals surface area contributed by atoms with Gasteiger partial charge >= 0.3 is 13.1 Å². The quantitative estimate of drug-likeness (QED) is 0.489. The van der Waals surface area contributed by atoms with Crippen LogP contribution in [0.5, 0.6) is 5.75 Å². The van der Waals surface area contributed by atoms with Gasteiger partial charge < -0.3 is 19.5 Å². The van der Waals surface area contributed by atoms with Crippen LogP contribution in [0.4, 0.5) is 0 Å². The molecule has 0 aliphatic carbocycles. The summed E-state index contributed by atoms with van der Waals surface area (Å²) < 4.78 is 11.1. The second-order valence-electron chi connectivity index (χ2n) is 5.16. The van der Waals surface area contributed by atoms with Crippen LogP contribution >= 0.6 is 15.9 Å². The van der Waals surface area contributed by atoms with Crippen molar-refractivity contribution in [1.82, 2.24) is 15.4 Å². The van der Waals surface area contributed by atoms with Crippen LogP contribution in [0.3, 0.4) is 0 Å². The van der Waals surface area contributed by atoms with Gasteiger partial charge in [-0.05, 0) is 48.8 Å². The van der Waals surface area contributed by atoms with Gasteiger partial charge in [0.2, 0.25) is 0 Å². The van der Waals surface area contributed by atoms with E-state index in [1.165, 1.54) is 6.07 Å². The van der Waals surface area contributed by atoms with E-state index in [4.69, 9.17) is 9.47 Å². The minimum absolute atomic E-state index is 0.0136. The van der Waals surface area contributed by atoms with Crippen LogP contribution in [-0.2, 0) is 4.74 Å². The SMILES string of the molecule is CCOC(=O)c1n[nH]nc1-c1cc(Br)c(OC(C)C)c(B(O)O)c1. The molecule has 1 heterocycles. The highest BCUT2D eigenvalue weighted by Gasteiger charge is 2.25. The zero-order chi connectivity index (χ0) is 17.9. The van der Waals surface area contributed by atoms with Crippen LogP contribution in [-0.4, -0.2) is 51.3 Å². The van der Waals surface area contributed by atoms with Gasteiger partial charge in [-0.2, -0.15) is 10.3 Å². The number of hydrogen-bond acceptors (Lipinski definition) is 7. The number of esters is 1. The van der Waals surface area contributed by atoms with E-state index in [0.29, 0.717) is 15.8 Å². The first-order chi connectivity index (χ1) is 11.3. The lowest BCUT2D eigenvalue weighted by atomic mass is 9.78. The molecular weight excluding hydrogens is 381 g/mol. The molecule has 0 fully saturated rings. The van der Waals surface area contributed by atoms with Crippen molar-refractivity contribution in [2.45, 2.75) is 26.9 Å². The molecule has 24 heavy (non-hydrogen) atoms. The molecule has 0 radical (unpaired) electrons. The van der Waals surface area contributed by atoms with Crippen LogP contribution < -0.4 is 10.2 Å². The largest absolute Gasteiger partial charge is 0.492 e. The summed E-state index contributed by atoms with van der Waals surface area (Å²) in [5, 5.41) is 29.4. The molecule has 2 rings (SSSR count). The van der Waals surface area contributed by atoms with Gasteiger partial charge in [-0.15, -0.1) is 5.10 Å². The zero-order valence-electron chi connectivity index (χ0n) is 13.4. The second kappa shape index (κ2) is 7.78. The maximum Gasteiger partial charge on any atom is 0.492 e. The van der Waals surface area contributed by atoms with Crippen LogP contribution in [0.15, 0.2) is 16.6 Å². The molecule has 0 spiro atoms. The molecule has 10 heteroatoms. The Bertz CT molecular complexity index is 735. The first kappa shape index (κ1) is 18.4. The van der Waals surface area contributed by atoms with Gasteiger partial charge in [0, 0.05) is 11.0 Å². The molecule has 0 unspecified atom stereocenters.